The Balaban J connectivity index is 1.88. The summed E-state index contributed by atoms with van der Waals surface area (Å²) in [6.45, 7) is 1.56. The fourth-order valence-corrected chi connectivity index (χ4v) is 2.86. The zero-order valence-electron chi connectivity index (χ0n) is 16.0. The van der Waals surface area contributed by atoms with Crippen molar-refractivity contribution < 1.29 is 33.3 Å². The first-order valence-electron chi connectivity index (χ1n) is 8.47. The van der Waals surface area contributed by atoms with E-state index in [1.807, 2.05) is 0 Å². The third kappa shape index (κ3) is 3.78. The maximum atomic E-state index is 12.8. The zero-order valence-corrected chi connectivity index (χ0v) is 16.0. The number of methoxy groups -OCH3 is 3. The highest BCUT2D eigenvalue weighted by atomic mass is 16.6. The Morgan fingerprint density at radius 3 is 2.50 bits per heavy atom. The van der Waals surface area contributed by atoms with Gasteiger partial charge in [0.2, 0.25) is 5.78 Å². The highest BCUT2D eigenvalue weighted by Gasteiger charge is 2.30. The van der Waals surface area contributed by atoms with Crippen LogP contribution >= 0.6 is 0 Å². The van der Waals surface area contributed by atoms with Crippen LogP contribution in [0.25, 0.3) is 6.08 Å². The van der Waals surface area contributed by atoms with Gasteiger partial charge in [-0.2, -0.15) is 0 Å². The Morgan fingerprint density at radius 1 is 1.07 bits per heavy atom. The number of aryl methyl sites for hydroxylation is 1. The van der Waals surface area contributed by atoms with Gasteiger partial charge in [-0.3, -0.25) is 4.79 Å². The number of rotatable bonds is 6. The molecule has 0 N–H and O–H groups in total. The molecule has 0 bridgehead atoms. The fourth-order valence-electron chi connectivity index (χ4n) is 2.86. The van der Waals surface area contributed by atoms with E-state index in [-0.39, 0.29) is 18.1 Å². The van der Waals surface area contributed by atoms with Crippen LogP contribution in [0.5, 0.6) is 23.0 Å². The number of carbonyl (C=O) groups is 2. The molecule has 0 unspecified atom stereocenters. The van der Waals surface area contributed by atoms with E-state index in [0.717, 1.165) is 5.56 Å². The van der Waals surface area contributed by atoms with E-state index in [0.29, 0.717) is 34.1 Å². The molecule has 0 saturated heterocycles. The van der Waals surface area contributed by atoms with Crippen LogP contribution in [-0.2, 0) is 9.53 Å². The molecule has 0 aromatic heterocycles. The van der Waals surface area contributed by atoms with Crippen molar-refractivity contribution in [3.05, 3.63) is 52.8 Å². The van der Waals surface area contributed by atoms with Gasteiger partial charge in [-0.25, -0.2) is 4.79 Å². The molecule has 7 nitrogen and oxygen atoms in total. The number of esters is 1. The average Bonchev–Trinajstić information content (AvgIpc) is 3.01. The summed E-state index contributed by atoms with van der Waals surface area (Å²) in [5.41, 5.74) is 1.89. The summed E-state index contributed by atoms with van der Waals surface area (Å²) in [5.74, 6) is 1.42. The molecule has 2 aromatic carbocycles. The predicted molar refractivity (Wildman–Crippen MR) is 101 cm³/mol. The number of Topliss-reactive ketones (excluding diaryl/α,β-unsaturated/α-hetero) is 1. The van der Waals surface area contributed by atoms with E-state index in [1.54, 1.807) is 57.6 Å². The van der Waals surface area contributed by atoms with Gasteiger partial charge < -0.3 is 23.7 Å². The Bertz CT molecular complexity index is 959. The number of ketones is 1. The van der Waals surface area contributed by atoms with Crippen molar-refractivity contribution in [2.45, 2.75) is 6.92 Å². The topological polar surface area (TPSA) is 80.3 Å². The van der Waals surface area contributed by atoms with Crippen molar-refractivity contribution in [1.82, 2.24) is 0 Å². The van der Waals surface area contributed by atoms with Crippen LogP contribution in [0.15, 0.2) is 36.1 Å². The Labute approximate surface area is 162 Å². The van der Waals surface area contributed by atoms with Gasteiger partial charge in [-0.1, -0.05) is 6.07 Å². The molecule has 146 valence electrons. The predicted octanol–water partition coefficient (Wildman–Crippen LogP) is 3.18. The minimum atomic E-state index is -0.496. The molecule has 0 atom stereocenters. The molecule has 0 spiro atoms. The second kappa shape index (κ2) is 8.04. The van der Waals surface area contributed by atoms with Crippen molar-refractivity contribution in [1.29, 1.82) is 0 Å². The van der Waals surface area contributed by atoms with E-state index in [2.05, 4.69) is 4.74 Å². The van der Waals surface area contributed by atoms with Crippen LogP contribution in [0.4, 0.5) is 0 Å². The lowest BCUT2D eigenvalue weighted by Gasteiger charge is -2.08. The minimum Gasteiger partial charge on any atom is -0.493 e. The molecule has 1 aliphatic rings. The van der Waals surface area contributed by atoms with Crippen LogP contribution < -0.4 is 18.9 Å². The second-order valence-corrected chi connectivity index (χ2v) is 6.03. The summed E-state index contributed by atoms with van der Waals surface area (Å²) in [6, 6.07) is 8.57. The summed E-state index contributed by atoms with van der Waals surface area (Å²) in [6.07, 6.45) is 1.64. The third-order valence-electron chi connectivity index (χ3n) is 4.23. The Hall–Kier alpha value is -3.48. The number of carbonyl (C=O) groups excluding carboxylic acids is 2. The number of ether oxygens (including phenoxy) is 5. The summed E-state index contributed by atoms with van der Waals surface area (Å²) in [4.78, 5) is 24.0. The first-order valence-corrected chi connectivity index (χ1v) is 8.47. The van der Waals surface area contributed by atoms with Crippen LogP contribution in [0, 0.1) is 6.92 Å². The molecular weight excluding hydrogens is 364 g/mol. The number of allylic oxidation sites excluding steroid dienone is 1. The molecule has 28 heavy (non-hydrogen) atoms. The molecule has 0 fully saturated rings. The number of fused-ring (bicyclic) bond motifs is 1. The zero-order chi connectivity index (χ0) is 20.3. The van der Waals surface area contributed by atoms with Crippen LogP contribution in [-0.4, -0.2) is 39.7 Å². The van der Waals surface area contributed by atoms with Crippen LogP contribution in [0.3, 0.4) is 0 Å². The van der Waals surface area contributed by atoms with E-state index < -0.39 is 5.97 Å². The van der Waals surface area contributed by atoms with Gasteiger partial charge in [-0.15, -0.1) is 0 Å². The molecular formula is C21H20O7. The lowest BCUT2D eigenvalue weighted by atomic mass is 10.0. The molecule has 0 radical (unpaired) electrons. The summed E-state index contributed by atoms with van der Waals surface area (Å²) < 4.78 is 26.2. The monoisotopic (exact) mass is 384 g/mol. The molecule has 3 rings (SSSR count). The van der Waals surface area contributed by atoms with E-state index in [4.69, 9.17) is 18.9 Å². The van der Waals surface area contributed by atoms with Crippen molar-refractivity contribution in [3.8, 4) is 23.0 Å². The smallest absolute Gasteiger partial charge is 0.343 e. The highest BCUT2D eigenvalue weighted by molar-refractivity contribution is 6.15. The van der Waals surface area contributed by atoms with Gasteiger partial charge in [0, 0.05) is 6.07 Å². The molecule has 0 aliphatic carbocycles. The normalized spacial score (nSPS) is 13.7. The van der Waals surface area contributed by atoms with E-state index in [9.17, 15) is 9.59 Å². The molecule has 0 saturated carbocycles. The largest absolute Gasteiger partial charge is 0.493 e. The first kappa shape index (κ1) is 19.3. The summed E-state index contributed by atoms with van der Waals surface area (Å²) >= 11 is 0. The molecule has 1 heterocycles. The van der Waals surface area contributed by atoms with Gasteiger partial charge in [0.25, 0.3) is 0 Å². The highest BCUT2D eigenvalue weighted by Crippen LogP contribution is 2.38. The number of hydrogen-bond donors (Lipinski definition) is 0. The average molecular weight is 384 g/mol. The van der Waals surface area contributed by atoms with Crippen LogP contribution in [0.1, 0.15) is 21.5 Å². The van der Waals surface area contributed by atoms with Crippen molar-refractivity contribution in [2.75, 3.05) is 27.9 Å². The summed E-state index contributed by atoms with van der Waals surface area (Å²) in [7, 11) is 4.38. The maximum absolute atomic E-state index is 12.8. The van der Waals surface area contributed by atoms with Gasteiger partial charge in [0.05, 0.1) is 26.9 Å². The summed E-state index contributed by atoms with van der Waals surface area (Å²) in [5, 5.41) is 0. The van der Waals surface area contributed by atoms with Crippen LogP contribution in [0.2, 0.25) is 0 Å². The quantitative estimate of drug-likeness (QED) is 0.559. The first-order chi connectivity index (χ1) is 13.5. The van der Waals surface area contributed by atoms with E-state index in [1.165, 1.54) is 7.11 Å². The Morgan fingerprint density at radius 2 is 1.82 bits per heavy atom. The van der Waals surface area contributed by atoms with Gasteiger partial charge in [0.1, 0.15) is 11.5 Å². The SMILES string of the molecule is COC(=O)COc1cc(C)c2c(c1)O/C(=C\c1ccc(OC)c(OC)c1)C2=O. The molecule has 1 aliphatic heterocycles. The lowest BCUT2D eigenvalue weighted by Crippen LogP contribution is -2.12. The van der Waals surface area contributed by atoms with Gasteiger partial charge in [0.15, 0.2) is 23.9 Å². The molecule has 2 aromatic rings. The van der Waals surface area contributed by atoms with Crippen molar-refractivity contribution in [3.63, 3.8) is 0 Å². The maximum Gasteiger partial charge on any atom is 0.343 e. The fraction of sp³-hybridized carbons (Fsp3) is 0.238. The van der Waals surface area contributed by atoms with Gasteiger partial charge >= 0.3 is 5.97 Å². The number of hydrogen-bond acceptors (Lipinski definition) is 7. The van der Waals surface area contributed by atoms with Crippen molar-refractivity contribution in [2.24, 2.45) is 0 Å². The third-order valence-corrected chi connectivity index (χ3v) is 4.23. The van der Waals surface area contributed by atoms with Crippen molar-refractivity contribution >= 4 is 17.8 Å². The minimum absolute atomic E-state index is 0.190. The standard InChI is InChI=1S/C21H20O7/c1-12-7-14(27-11-19(22)26-4)10-17-20(12)21(23)18(28-17)9-13-5-6-15(24-2)16(8-13)25-3/h5-10H,11H2,1-4H3/b18-9-. The number of benzene rings is 2. The Kier molecular flexibility index (Phi) is 5.54. The lowest BCUT2D eigenvalue weighted by molar-refractivity contribution is -0.142. The van der Waals surface area contributed by atoms with E-state index >= 15 is 0 Å². The van der Waals surface area contributed by atoms with Gasteiger partial charge in [-0.05, 0) is 42.3 Å². The second-order valence-electron chi connectivity index (χ2n) is 6.03. The molecule has 7 heteroatoms. The molecule has 0 amide bonds.